The fourth-order valence-electron chi connectivity index (χ4n) is 7.24. The normalized spacial score (nSPS) is 17.1. The van der Waals surface area contributed by atoms with Crippen LogP contribution < -0.4 is 31.3 Å². The topological polar surface area (TPSA) is 137 Å². The van der Waals surface area contributed by atoms with E-state index in [9.17, 15) is 18.8 Å². The van der Waals surface area contributed by atoms with E-state index in [1.807, 2.05) is 28.5 Å². The summed E-state index contributed by atoms with van der Waals surface area (Å²) in [4.78, 5) is 48.0. The zero-order valence-electron chi connectivity index (χ0n) is 29.7. The Balaban J connectivity index is 1.06. The molecule has 0 atom stereocenters. The quantitative estimate of drug-likeness (QED) is 0.222. The molecule has 54 heavy (non-hydrogen) atoms. The van der Waals surface area contributed by atoms with Crippen LogP contribution >= 0.6 is 0 Å². The minimum Gasteiger partial charge on any atom is -0.403 e. The SMILES string of the molecule is CN1CCN(c2cc3c(cc2F)c(=O)c(-c2nnc(NC(=O)Nc4cn(CCF)c5c(F)c(N6CCN(C)CC6)c(F)cc5c4=O)o2)cn3C2CC2)CC1. The molecule has 5 heterocycles. The number of benzene rings is 2. The summed E-state index contributed by atoms with van der Waals surface area (Å²) in [6.45, 7) is 3.43. The number of carbonyl (C=O) groups excluding carboxylic acids is 1. The summed E-state index contributed by atoms with van der Waals surface area (Å²) in [5, 5.41) is 12.1. The molecule has 2 aliphatic heterocycles. The Morgan fingerprint density at radius 3 is 2.17 bits per heavy atom. The molecule has 2 amide bonds. The van der Waals surface area contributed by atoms with Gasteiger partial charge in [0, 0.05) is 76.2 Å². The van der Waals surface area contributed by atoms with Crippen molar-refractivity contribution in [3.8, 4) is 11.5 Å². The first-order chi connectivity index (χ1) is 26.0. The number of fused-ring (bicyclic) bond motifs is 2. The predicted molar refractivity (Wildman–Crippen MR) is 196 cm³/mol. The monoisotopic (exact) mass is 750 g/mol. The van der Waals surface area contributed by atoms with Crippen molar-refractivity contribution in [2.45, 2.75) is 25.4 Å². The first kappa shape index (κ1) is 35.5. The third-order valence-electron chi connectivity index (χ3n) is 10.4. The standard InChI is InChI=1S/C36H38F4N10O4/c1-45-7-11-47(12-8-45)28-17-27-21(15-24(28)38)32(51)23(18-50(27)20-3-4-20)34-43-44-36(54-34)42-35(53)41-26-19-49(6-5-37)30-22(33(26)52)16-25(39)31(29(30)40)48-13-9-46(2)10-14-48/h15-20H,3-14H2,1-2H3,(H2,41,42,44,53). The second kappa shape index (κ2) is 14.1. The van der Waals surface area contributed by atoms with Gasteiger partial charge in [0.25, 0.3) is 5.89 Å². The van der Waals surface area contributed by atoms with Gasteiger partial charge in [-0.3, -0.25) is 14.9 Å². The molecule has 3 aromatic heterocycles. The number of halogens is 4. The van der Waals surface area contributed by atoms with E-state index in [0.29, 0.717) is 50.5 Å². The molecule has 0 radical (unpaired) electrons. The maximum atomic E-state index is 16.0. The summed E-state index contributed by atoms with van der Waals surface area (Å²) >= 11 is 0. The van der Waals surface area contributed by atoms with Gasteiger partial charge >= 0.3 is 12.0 Å². The van der Waals surface area contributed by atoms with Gasteiger partial charge in [-0.15, -0.1) is 5.10 Å². The molecule has 2 aromatic carbocycles. The van der Waals surface area contributed by atoms with Crippen molar-refractivity contribution >= 4 is 50.9 Å². The molecule has 0 bridgehead atoms. The Bertz CT molecular complexity index is 2400. The highest BCUT2D eigenvalue weighted by Crippen LogP contribution is 2.39. The van der Waals surface area contributed by atoms with Gasteiger partial charge in [-0.05, 0) is 45.1 Å². The number of nitrogens with one attached hydrogen (secondary N) is 2. The molecule has 2 N–H and O–H groups in total. The molecule has 0 unspecified atom stereocenters. The first-order valence-corrected chi connectivity index (χ1v) is 17.8. The summed E-state index contributed by atoms with van der Waals surface area (Å²) in [5.41, 5.74) is -1.39. The second-order valence-corrected chi connectivity index (χ2v) is 14.1. The van der Waals surface area contributed by atoms with E-state index in [2.05, 4.69) is 25.7 Å². The van der Waals surface area contributed by atoms with Crippen LogP contribution in [0.25, 0.3) is 33.3 Å². The van der Waals surface area contributed by atoms with Crippen LogP contribution in [0.2, 0.25) is 0 Å². The number of nitrogens with zero attached hydrogens (tertiary/aromatic N) is 8. The van der Waals surface area contributed by atoms with Gasteiger partial charge in [0.1, 0.15) is 35.2 Å². The Morgan fingerprint density at radius 1 is 0.833 bits per heavy atom. The summed E-state index contributed by atoms with van der Waals surface area (Å²) in [5.74, 6) is -2.70. The second-order valence-electron chi connectivity index (χ2n) is 14.1. The van der Waals surface area contributed by atoms with E-state index >= 15 is 13.2 Å². The van der Waals surface area contributed by atoms with Crippen LogP contribution in [0.5, 0.6) is 0 Å². The number of carbonyl (C=O) groups is 1. The molecule has 284 valence electrons. The number of amides is 2. The smallest absolute Gasteiger partial charge is 0.327 e. The highest BCUT2D eigenvalue weighted by Gasteiger charge is 2.30. The van der Waals surface area contributed by atoms with Crippen LogP contribution in [0, 0.1) is 17.5 Å². The molecule has 8 rings (SSSR count). The van der Waals surface area contributed by atoms with Gasteiger partial charge in [0.2, 0.25) is 10.9 Å². The maximum absolute atomic E-state index is 16.0. The molecule has 1 aliphatic carbocycles. The van der Waals surface area contributed by atoms with Gasteiger partial charge in [-0.2, -0.15) is 0 Å². The highest BCUT2D eigenvalue weighted by atomic mass is 19.1. The van der Waals surface area contributed by atoms with Crippen LogP contribution in [0.3, 0.4) is 0 Å². The van der Waals surface area contributed by atoms with E-state index in [1.165, 1.54) is 6.07 Å². The number of aromatic nitrogens is 4. The molecule has 14 nitrogen and oxygen atoms in total. The van der Waals surface area contributed by atoms with Crippen molar-refractivity contribution in [2.24, 2.45) is 0 Å². The average Bonchev–Trinajstić information content (AvgIpc) is 3.89. The number of pyridine rings is 2. The molecule has 18 heteroatoms. The van der Waals surface area contributed by atoms with E-state index < -0.39 is 47.0 Å². The number of piperazine rings is 2. The molecular formula is C36H38F4N10O4. The van der Waals surface area contributed by atoms with Crippen LogP contribution in [-0.2, 0) is 6.54 Å². The minimum absolute atomic E-state index is 0.00531. The number of hydrogen-bond donors (Lipinski definition) is 2. The zero-order chi connectivity index (χ0) is 37.8. The highest BCUT2D eigenvalue weighted by molar-refractivity contribution is 6.00. The Morgan fingerprint density at radius 2 is 1.50 bits per heavy atom. The lowest BCUT2D eigenvalue weighted by atomic mass is 10.1. The van der Waals surface area contributed by atoms with Gasteiger partial charge in [0.05, 0.1) is 28.7 Å². The lowest BCUT2D eigenvalue weighted by Crippen LogP contribution is -2.45. The first-order valence-electron chi connectivity index (χ1n) is 17.8. The van der Waals surface area contributed by atoms with Crippen molar-refractivity contribution < 1.29 is 26.8 Å². The Labute approximate surface area is 305 Å². The van der Waals surface area contributed by atoms with Crippen LogP contribution in [0.1, 0.15) is 18.9 Å². The molecule has 1 saturated carbocycles. The number of aryl methyl sites for hydroxylation is 1. The van der Waals surface area contributed by atoms with E-state index in [0.717, 1.165) is 42.8 Å². The lowest BCUT2D eigenvalue weighted by Gasteiger charge is -2.34. The number of hydrogen-bond acceptors (Lipinski definition) is 10. The van der Waals surface area contributed by atoms with Gasteiger partial charge < -0.3 is 38.5 Å². The van der Waals surface area contributed by atoms with Gasteiger partial charge in [0.15, 0.2) is 5.82 Å². The molecular weight excluding hydrogens is 712 g/mol. The van der Waals surface area contributed by atoms with Crippen molar-refractivity contribution in [1.82, 2.24) is 29.1 Å². The average molecular weight is 751 g/mol. The number of rotatable bonds is 8. The van der Waals surface area contributed by atoms with Gasteiger partial charge in [-0.25, -0.2) is 22.4 Å². The molecule has 0 spiro atoms. The minimum atomic E-state index is -1.03. The van der Waals surface area contributed by atoms with E-state index in [-0.39, 0.29) is 51.7 Å². The lowest BCUT2D eigenvalue weighted by molar-refractivity contribution is 0.261. The van der Waals surface area contributed by atoms with Crippen molar-refractivity contribution in [3.05, 3.63) is 68.5 Å². The van der Waals surface area contributed by atoms with Crippen molar-refractivity contribution in [3.63, 3.8) is 0 Å². The van der Waals surface area contributed by atoms with Crippen LogP contribution in [0.15, 0.2) is 44.6 Å². The number of alkyl halides is 1. The largest absolute Gasteiger partial charge is 0.403 e. The molecule has 3 aliphatic rings. The fourth-order valence-corrected chi connectivity index (χ4v) is 7.24. The molecule has 5 aromatic rings. The number of urea groups is 1. The summed E-state index contributed by atoms with van der Waals surface area (Å²) in [7, 11) is 3.91. The maximum Gasteiger partial charge on any atom is 0.327 e. The number of anilines is 4. The van der Waals surface area contributed by atoms with E-state index in [4.69, 9.17) is 4.42 Å². The Kier molecular flexibility index (Phi) is 9.25. The zero-order valence-corrected chi connectivity index (χ0v) is 29.7. The Hall–Kier alpha value is -5.49. The van der Waals surface area contributed by atoms with Gasteiger partial charge in [-0.1, -0.05) is 5.10 Å². The van der Waals surface area contributed by atoms with E-state index in [1.54, 1.807) is 17.2 Å². The fraction of sp³-hybridized carbons (Fsp3) is 0.417. The van der Waals surface area contributed by atoms with Crippen molar-refractivity contribution in [2.75, 3.05) is 93.6 Å². The third kappa shape index (κ3) is 6.52. The molecule has 2 saturated heterocycles. The van der Waals surface area contributed by atoms with Crippen LogP contribution in [-0.4, -0.2) is 108 Å². The predicted octanol–water partition coefficient (Wildman–Crippen LogP) is 4.24. The summed E-state index contributed by atoms with van der Waals surface area (Å²) in [6, 6.07) is 2.47. The van der Waals surface area contributed by atoms with Crippen molar-refractivity contribution in [1.29, 1.82) is 0 Å². The molecule has 3 fully saturated rings. The summed E-state index contributed by atoms with van der Waals surface area (Å²) in [6.07, 6.45) is 4.42. The van der Waals surface area contributed by atoms with Crippen LogP contribution in [0.4, 0.5) is 45.4 Å². The number of likely N-dealkylation sites (N-methyl/N-ethyl adjacent to an activating group) is 2. The third-order valence-corrected chi connectivity index (χ3v) is 10.4. The summed E-state index contributed by atoms with van der Waals surface area (Å²) < 4.78 is 69.2.